The van der Waals surface area contributed by atoms with E-state index in [1.807, 2.05) is 32.9 Å². The maximum absolute atomic E-state index is 12.9. The van der Waals surface area contributed by atoms with Crippen LogP contribution in [0.3, 0.4) is 0 Å². The summed E-state index contributed by atoms with van der Waals surface area (Å²) in [7, 11) is 0. The first-order valence-corrected chi connectivity index (χ1v) is 7.80. The molecular formula is C19H21FN2O2. The smallest absolute Gasteiger partial charge is 0.254 e. The third-order valence-corrected chi connectivity index (χ3v) is 3.70. The minimum Gasteiger partial charge on any atom is -0.327 e. The summed E-state index contributed by atoms with van der Waals surface area (Å²) in [6.45, 7) is 5.52. The molecule has 2 rings (SSSR count). The fraction of sp³-hybridized carbons (Fsp3) is 0.263. The zero-order valence-electron chi connectivity index (χ0n) is 14.0. The van der Waals surface area contributed by atoms with Crippen LogP contribution in [0.1, 0.15) is 29.8 Å². The number of nitrogens with one attached hydrogen (secondary N) is 1. The molecule has 0 aliphatic carbocycles. The van der Waals surface area contributed by atoms with Gasteiger partial charge in [-0.2, -0.15) is 0 Å². The van der Waals surface area contributed by atoms with E-state index in [4.69, 9.17) is 0 Å². The fourth-order valence-corrected chi connectivity index (χ4v) is 2.34. The molecule has 0 atom stereocenters. The summed E-state index contributed by atoms with van der Waals surface area (Å²) in [4.78, 5) is 26.5. The van der Waals surface area contributed by atoms with Gasteiger partial charge in [-0.1, -0.05) is 18.2 Å². The van der Waals surface area contributed by atoms with Crippen molar-refractivity contribution in [3.63, 3.8) is 0 Å². The molecule has 0 fully saturated rings. The molecule has 0 aromatic heterocycles. The van der Waals surface area contributed by atoms with Gasteiger partial charge in [0.25, 0.3) is 5.91 Å². The highest BCUT2D eigenvalue weighted by molar-refractivity contribution is 6.00. The number of halogens is 1. The SMILES string of the molecule is Cc1ccccc1C(=O)N(CC(=O)Nc1ccc(F)cc1)C(C)C. The van der Waals surface area contributed by atoms with Gasteiger partial charge in [0.15, 0.2) is 0 Å². The van der Waals surface area contributed by atoms with E-state index in [2.05, 4.69) is 5.32 Å². The summed E-state index contributed by atoms with van der Waals surface area (Å²) in [5.74, 6) is -0.874. The molecule has 4 nitrogen and oxygen atoms in total. The highest BCUT2D eigenvalue weighted by atomic mass is 19.1. The van der Waals surface area contributed by atoms with Crippen molar-refractivity contribution in [1.82, 2.24) is 4.90 Å². The van der Waals surface area contributed by atoms with Crippen LogP contribution in [0.4, 0.5) is 10.1 Å². The molecule has 0 radical (unpaired) electrons. The maximum atomic E-state index is 12.9. The van der Waals surface area contributed by atoms with Crippen LogP contribution in [0.5, 0.6) is 0 Å². The molecule has 0 heterocycles. The molecule has 0 aliphatic rings. The van der Waals surface area contributed by atoms with E-state index in [9.17, 15) is 14.0 Å². The van der Waals surface area contributed by atoms with Gasteiger partial charge >= 0.3 is 0 Å². The Kier molecular flexibility index (Phi) is 5.68. The summed E-state index contributed by atoms with van der Waals surface area (Å²) in [5.41, 5.74) is 1.95. The average Bonchev–Trinajstić information content (AvgIpc) is 2.54. The second-order valence-electron chi connectivity index (χ2n) is 5.90. The molecule has 2 aromatic carbocycles. The zero-order chi connectivity index (χ0) is 17.7. The number of rotatable bonds is 5. The van der Waals surface area contributed by atoms with Crippen LogP contribution in [0, 0.1) is 12.7 Å². The summed E-state index contributed by atoms with van der Waals surface area (Å²) >= 11 is 0. The van der Waals surface area contributed by atoms with Crippen molar-refractivity contribution >= 4 is 17.5 Å². The van der Waals surface area contributed by atoms with E-state index in [1.165, 1.54) is 29.2 Å². The van der Waals surface area contributed by atoms with Crippen LogP contribution in [0.2, 0.25) is 0 Å². The first-order chi connectivity index (χ1) is 11.4. The lowest BCUT2D eigenvalue weighted by Crippen LogP contribution is -2.42. The van der Waals surface area contributed by atoms with E-state index in [1.54, 1.807) is 12.1 Å². The lowest BCUT2D eigenvalue weighted by Gasteiger charge is -2.27. The van der Waals surface area contributed by atoms with Crippen LogP contribution in [-0.2, 0) is 4.79 Å². The molecule has 0 unspecified atom stereocenters. The predicted molar refractivity (Wildman–Crippen MR) is 92.4 cm³/mol. The number of carbonyl (C=O) groups is 2. The first kappa shape index (κ1) is 17.7. The minimum absolute atomic E-state index is 0.0673. The van der Waals surface area contributed by atoms with Crippen LogP contribution >= 0.6 is 0 Å². The van der Waals surface area contributed by atoms with E-state index >= 15 is 0 Å². The molecule has 0 saturated heterocycles. The van der Waals surface area contributed by atoms with E-state index in [-0.39, 0.29) is 30.2 Å². The molecule has 1 N–H and O–H groups in total. The molecule has 0 bridgehead atoms. The van der Waals surface area contributed by atoms with Crippen LogP contribution in [-0.4, -0.2) is 29.3 Å². The van der Waals surface area contributed by atoms with Crippen molar-refractivity contribution < 1.29 is 14.0 Å². The highest BCUT2D eigenvalue weighted by Gasteiger charge is 2.22. The molecule has 0 saturated carbocycles. The summed E-state index contributed by atoms with van der Waals surface area (Å²) in [6.07, 6.45) is 0. The van der Waals surface area contributed by atoms with Crippen molar-refractivity contribution in [3.8, 4) is 0 Å². The van der Waals surface area contributed by atoms with Crippen molar-refractivity contribution in [1.29, 1.82) is 0 Å². The molecule has 0 aliphatic heterocycles. The maximum Gasteiger partial charge on any atom is 0.254 e. The molecule has 5 heteroatoms. The number of benzene rings is 2. The summed E-state index contributed by atoms with van der Waals surface area (Å²) in [5, 5.41) is 2.68. The van der Waals surface area contributed by atoms with Crippen molar-refractivity contribution in [2.75, 3.05) is 11.9 Å². The number of carbonyl (C=O) groups excluding carboxylic acids is 2. The second kappa shape index (κ2) is 7.73. The van der Waals surface area contributed by atoms with Crippen molar-refractivity contribution in [2.45, 2.75) is 26.8 Å². The molecule has 2 amide bonds. The largest absolute Gasteiger partial charge is 0.327 e. The minimum atomic E-state index is -0.369. The Morgan fingerprint density at radius 1 is 1.08 bits per heavy atom. The van der Waals surface area contributed by atoms with Gasteiger partial charge in [-0.15, -0.1) is 0 Å². The van der Waals surface area contributed by atoms with E-state index in [0.29, 0.717) is 11.3 Å². The van der Waals surface area contributed by atoms with Crippen LogP contribution in [0.25, 0.3) is 0 Å². The van der Waals surface area contributed by atoms with Crippen molar-refractivity contribution in [3.05, 3.63) is 65.5 Å². The van der Waals surface area contributed by atoms with Crippen LogP contribution in [0.15, 0.2) is 48.5 Å². The van der Waals surface area contributed by atoms with Gasteiger partial charge in [0, 0.05) is 17.3 Å². The Labute approximate surface area is 141 Å². The Morgan fingerprint density at radius 3 is 2.29 bits per heavy atom. The average molecular weight is 328 g/mol. The standard InChI is InChI=1S/C19H21FN2O2/c1-13(2)22(19(24)17-7-5-4-6-14(17)3)12-18(23)21-16-10-8-15(20)9-11-16/h4-11,13H,12H2,1-3H3,(H,21,23). The molecule has 126 valence electrons. The van der Waals surface area contributed by atoms with Gasteiger partial charge in [-0.3, -0.25) is 9.59 Å². The van der Waals surface area contributed by atoms with Gasteiger partial charge in [-0.05, 0) is 56.7 Å². The molecule has 24 heavy (non-hydrogen) atoms. The number of anilines is 1. The molecular weight excluding hydrogens is 307 g/mol. The lowest BCUT2D eigenvalue weighted by molar-refractivity contribution is -0.117. The topological polar surface area (TPSA) is 49.4 Å². The Hall–Kier alpha value is -2.69. The van der Waals surface area contributed by atoms with Gasteiger partial charge < -0.3 is 10.2 Å². The van der Waals surface area contributed by atoms with E-state index in [0.717, 1.165) is 5.56 Å². The quantitative estimate of drug-likeness (QED) is 0.911. The monoisotopic (exact) mass is 328 g/mol. The Bertz CT molecular complexity index is 726. The Balaban J connectivity index is 2.10. The third kappa shape index (κ3) is 4.41. The zero-order valence-corrected chi connectivity index (χ0v) is 14.0. The number of hydrogen-bond acceptors (Lipinski definition) is 2. The van der Waals surface area contributed by atoms with Gasteiger partial charge in [0.2, 0.25) is 5.91 Å². The van der Waals surface area contributed by atoms with Gasteiger partial charge in [0.1, 0.15) is 12.4 Å². The predicted octanol–water partition coefficient (Wildman–Crippen LogP) is 3.62. The fourth-order valence-electron chi connectivity index (χ4n) is 2.34. The normalized spacial score (nSPS) is 10.5. The molecule has 0 spiro atoms. The van der Waals surface area contributed by atoms with Gasteiger partial charge in [0.05, 0.1) is 0 Å². The van der Waals surface area contributed by atoms with Gasteiger partial charge in [-0.25, -0.2) is 4.39 Å². The lowest BCUT2D eigenvalue weighted by atomic mass is 10.1. The number of amides is 2. The van der Waals surface area contributed by atoms with Crippen molar-refractivity contribution in [2.24, 2.45) is 0 Å². The molecule has 2 aromatic rings. The first-order valence-electron chi connectivity index (χ1n) is 7.80. The second-order valence-corrected chi connectivity index (χ2v) is 5.90. The number of aryl methyl sites for hydroxylation is 1. The highest BCUT2D eigenvalue weighted by Crippen LogP contribution is 2.14. The number of nitrogens with zero attached hydrogens (tertiary/aromatic N) is 1. The summed E-state index contributed by atoms with van der Waals surface area (Å²) in [6, 6.07) is 12.7. The third-order valence-electron chi connectivity index (χ3n) is 3.70. The van der Waals surface area contributed by atoms with E-state index < -0.39 is 0 Å². The van der Waals surface area contributed by atoms with Crippen LogP contribution < -0.4 is 5.32 Å². The Morgan fingerprint density at radius 2 is 1.71 bits per heavy atom. The summed E-state index contributed by atoms with van der Waals surface area (Å²) < 4.78 is 12.9. The number of hydrogen-bond donors (Lipinski definition) is 1.